The molecule has 8 heteroatoms. The van der Waals surface area contributed by atoms with E-state index in [-0.39, 0.29) is 0 Å². The zero-order chi connectivity index (χ0) is 15.5. The summed E-state index contributed by atoms with van der Waals surface area (Å²) in [6.45, 7) is 4.57. The maximum absolute atomic E-state index is 12.2. The van der Waals surface area contributed by atoms with E-state index >= 15 is 0 Å². The van der Waals surface area contributed by atoms with E-state index in [1.807, 2.05) is 19.9 Å². The van der Waals surface area contributed by atoms with Crippen molar-refractivity contribution in [3.05, 3.63) is 35.1 Å². The highest BCUT2D eigenvalue weighted by Crippen LogP contribution is 2.19. The summed E-state index contributed by atoms with van der Waals surface area (Å²) in [6.07, 6.45) is 0. The highest BCUT2D eigenvalue weighted by molar-refractivity contribution is 7.91. The van der Waals surface area contributed by atoms with Gasteiger partial charge in [-0.05, 0) is 25.3 Å². The molecule has 0 aliphatic rings. The van der Waals surface area contributed by atoms with Gasteiger partial charge in [-0.25, -0.2) is 18.4 Å². The van der Waals surface area contributed by atoms with Crippen molar-refractivity contribution in [3.8, 4) is 0 Å². The number of hydrogen-bond acceptors (Lipinski definition) is 6. The molecule has 6 nitrogen and oxygen atoms in total. The molecule has 0 aliphatic carbocycles. The minimum Gasteiger partial charge on any atom is -0.369 e. The lowest BCUT2D eigenvalue weighted by Crippen LogP contribution is -2.31. The SMILES string of the molecule is Cc1cc(NCCN(C)S(=O)(=O)c2cccs2)nc(C)n1. The third-order valence-electron chi connectivity index (χ3n) is 2.86. The summed E-state index contributed by atoms with van der Waals surface area (Å²) >= 11 is 1.22. The third kappa shape index (κ3) is 3.99. The van der Waals surface area contributed by atoms with E-state index in [4.69, 9.17) is 0 Å². The van der Waals surface area contributed by atoms with E-state index in [0.717, 1.165) is 5.69 Å². The lowest BCUT2D eigenvalue weighted by atomic mass is 10.4. The van der Waals surface area contributed by atoms with Gasteiger partial charge in [-0.1, -0.05) is 6.07 Å². The molecule has 0 amide bonds. The summed E-state index contributed by atoms with van der Waals surface area (Å²) in [4.78, 5) is 8.45. The van der Waals surface area contributed by atoms with Gasteiger partial charge in [-0.3, -0.25) is 0 Å². The molecule has 0 atom stereocenters. The lowest BCUT2D eigenvalue weighted by molar-refractivity contribution is 0.482. The van der Waals surface area contributed by atoms with Crippen molar-refractivity contribution in [3.63, 3.8) is 0 Å². The largest absolute Gasteiger partial charge is 0.369 e. The Morgan fingerprint density at radius 1 is 1.33 bits per heavy atom. The lowest BCUT2D eigenvalue weighted by Gasteiger charge is -2.16. The van der Waals surface area contributed by atoms with Crippen molar-refractivity contribution < 1.29 is 8.42 Å². The molecular weight excluding hydrogens is 308 g/mol. The molecule has 0 bridgehead atoms. The van der Waals surface area contributed by atoms with E-state index in [1.165, 1.54) is 15.6 Å². The number of rotatable bonds is 6. The van der Waals surface area contributed by atoms with Crippen LogP contribution < -0.4 is 5.32 Å². The minimum atomic E-state index is -3.39. The Bertz CT molecular complexity index is 679. The van der Waals surface area contributed by atoms with Crippen molar-refractivity contribution in [1.82, 2.24) is 14.3 Å². The second-order valence-corrected chi connectivity index (χ2v) is 7.85. The Labute approximate surface area is 128 Å². The maximum Gasteiger partial charge on any atom is 0.252 e. The summed E-state index contributed by atoms with van der Waals surface area (Å²) in [7, 11) is -1.81. The second kappa shape index (κ2) is 6.50. The van der Waals surface area contributed by atoms with Crippen LogP contribution in [-0.2, 0) is 10.0 Å². The molecule has 1 N–H and O–H groups in total. The van der Waals surface area contributed by atoms with E-state index in [0.29, 0.717) is 28.9 Å². The first-order valence-electron chi connectivity index (χ1n) is 6.45. The Balaban J connectivity index is 1.94. The van der Waals surface area contributed by atoms with Crippen LogP contribution in [0.4, 0.5) is 5.82 Å². The molecular formula is C13H18N4O2S2. The van der Waals surface area contributed by atoms with Gasteiger partial charge in [0.15, 0.2) is 0 Å². The summed E-state index contributed by atoms with van der Waals surface area (Å²) in [6, 6.07) is 5.18. The minimum absolute atomic E-state index is 0.360. The van der Waals surface area contributed by atoms with E-state index in [2.05, 4.69) is 15.3 Å². The van der Waals surface area contributed by atoms with Gasteiger partial charge in [0, 0.05) is 31.9 Å². The number of nitrogens with zero attached hydrogens (tertiary/aromatic N) is 3. The van der Waals surface area contributed by atoms with Crippen molar-refractivity contribution in [2.45, 2.75) is 18.1 Å². The van der Waals surface area contributed by atoms with E-state index in [1.54, 1.807) is 24.6 Å². The van der Waals surface area contributed by atoms with Gasteiger partial charge in [-0.2, -0.15) is 4.31 Å². The first-order chi connectivity index (χ1) is 9.89. The van der Waals surface area contributed by atoms with Gasteiger partial charge in [-0.15, -0.1) is 11.3 Å². The maximum atomic E-state index is 12.2. The number of sulfonamides is 1. The van der Waals surface area contributed by atoms with Crippen molar-refractivity contribution in [1.29, 1.82) is 0 Å². The molecule has 114 valence electrons. The molecule has 0 unspecified atom stereocenters. The Morgan fingerprint density at radius 3 is 2.71 bits per heavy atom. The summed E-state index contributed by atoms with van der Waals surface area (Å²) in [5, 5.41) is 4.88. The highest BCUT2D eigenvalue weighted by atomic mass is 32.2. The number of hydrogen-bond donors (Lipinski definition) is 1. The molecule has 0 radical (unpaired) electrons. The summed E-state index contributed by atoms with van der Waals surface area (Å²) < 4.78 is 26.2. The standard InChI is InChI=1S/C13H18N4O2S2/c1-10-9-12(16-11(2)15-10)14-6-7-17(3)21(18,19)13-5-4-8-20-13/h4-5,8-9H,6-7H2,1-3H3,(H,14,15,16). The van der Waals surface area contributed by atoms with Crippen molar-refractivity contribution in [2.75, 3.05) is 25.5 Å². The van der Waals surface area contributed by atoms with Crippen LogP contribution in [0.3, 0.4) is 0 Å². The summed E-state index contributed by atoms with van der Waals surface area (Å²) in [5.74, 6) is 1.40. The molecule has 21 heavy (non-hydrogen) atoms. The highest BCUT2D eigenvalue weighted by Gasteiger charge is 2.21. The molecule has 2 aromatic heterocycles. The van der Waals surface area contributed by atoms with Crippen molar-refractivity contribution >= 4 is 27.2 Å². The molecule has 0 fully saturated rings. The van der Waals surface area contributed by atoms with Crippen LogP contribution in [0.15, 0.2) is 27.8 Å². The molecule has 2 heterocycles. The molecule has 2 aromatic rings. The zero-order valence-electron chi connectivity index (χ0n) is 12.2. The first kappa shape index (κ1) is 15.9. The van der Waals surface area contributed by atoms with Crippen LogP contribution in [0, 0.1) is 13.8 Å². The third-order valence-corrected chi connectivity index (χ3v) is 6.09. The average Bonchev–Trinajstić information content (AvgIpc) is 2.91. The van der Waals surface area contributed by atoms with E-state index in [9.17, 15) is 8.42 Å². The van der Waals surface area contributed by atoms with Crippen LogP contribution in [0.2, 0.25) is 0 Å². The normalized spacial score (nSPS) is 11.8. The first-order valence-corrected chi connectivity index (χ1v) is 8.77. The second-order valence-electron chi connectivity index (χ2n) is 4.63. The van der Waals surface area contributed by atoms with E-state index < -0.39 is 10.0 Å². The molecule has 0 aromatic carbocycles. The van der Waals surface area contributed by atoms with Gasteiger partial charge >= 0.3 is 0 Å². The van der Waals surface area contributed by atoms with Gasteiger partial charge in [0.2, 0.25) is 0 Å². The molecule has 0 spiro atoms. The molecule has 0 saturated carbocycles. The van der Waals surface area contributed by atoms with Crippen molar-refractivity contribution in [2.24, 2.45) is 0 Å². The monoisotopic (exact) mass is 326 g/mol. The smallest absolute Gasteiger partial charge is 0.252 e. The predicted octanol–water partition coefficient (Wildman–Crippen LogP) is 1.89. The number of anilines is 1. The summed E-state index contributed by atoms with van der Waals surface area (Å²) in [5.41, 5.74) is 0.879. The predicted molar refractivity (Wildman–Crippen MR) is 84.1 cm³/mol. The fraction of sp³-hybridized carbons (Fsp3) is 0.385. The van der Waals surface area contributed by atoms with Gasteiger partial charge in [0.05, 0.1) is 0 Å². The zero-order valence-corrected chi connectivity index (χ0v) is 13.8. The molecule has 0 saturated heterocycles. The van der Waals surface area contributed by atoms with Crippen LogP contribution in [0.1, 0.15) is 11.5 Å². The Hall–Kier alpha value is -1.51. The molecule has 0 aliphatic heterocycles. The number of likely N-dealkylation sites (N-methyl/N-ethyl adjacent to an activating group) is 1. The van der Waals surface area contributed by atoms with Gasteiger partial charge in [0.1, 0.15) is 15.9 Å². The van der Waals surface area contributed by atoms with Crippen LogP contribution in [-0.4, -0.2) is 42.8 Å². The Morgan fingerprint density at radius 2 is 2.10 bits per heavy atom. The number of thiophene rings is 1. The number of aromatic nitrogens is 2. The fourth-order valence-electron chi connectivity index (χ4n) is 1.83. The number of aryl methyl sites for hydroxylation is 2. The average molecular weight is 326 g/mol. The van der Waals surface area contributed by atoms with Crippen LogP contribution >= 0.6 is 11.3 Å². The quantitative estimate of drug-likeness (QED) is 0.877. The van der Waals surface area contributed by atoms with Crippen LogP contribution in [0.5, 0.6) is 0 Å². The van der Waals surface area contributed by atoms with Gasteiger partial charge < -0.3 is 5.32 Å². The molecule has 2 rings (SSSR count). The number of nitrogens with one attached hydrogen (secondary N) is 1. The van der Waals surface area contributed by atoms with Gasteiger partial charge in [0.25, 0.3) is 10.0 Å². The topological polar surface area (TPSA) is 75.2 Å². The van der Waals surface area contributed by atoms with Crippen LogP contribution in [0.25, 0.3) is 0 Å². The Kier molecular flexibility index (Phi) is 4.92. The fourth-order valence-corrected chi connectivity index (χ4v) is 4.21.